The number of nitrogens with zero attached hydrogens (tertiary/aromatic N) is 2. The number of rotatable bonds is 7. The Labute approximate surface area is 169 Å². The van der Waals surface area contributed by atoms with Crippen LogP contribution in [0.5, 0.6) is 17.2 Å². The zero-order valence-corrected chi connectivity index (χ0v) is 17.1. The second kappa shape index (κ2) is 8.75. The molecule has 146 valence electrons. The van der Waals surface area contributed by atoms with Crippen LogP contribution < -0.4 is 19.5 Å². The van der Waals surface area contributed by atoms with Crippen LogP contribution in [0.4, 0.5) is 0 Å². The molecule has 3 rings (SSSR count). The molecular formula is C19H18BrN3O5. The first-order chi connectivity index (χ1) is 13.5. The first kappa shape index (κ1) is 19.7. The van der Waals surface area contributed by atoms with Crippen molar-refractivity contribution < 1.29 is 23.5 Å². The van der Waals surface area contributed by atoms with Crippen molar-refractivity contribution in [2.75, 3.05) is 21.3 Å². The van der Waals surface area contributed by atoms with E-state index in [1.54, 1.807) is 12.1 Å². The van der Waals surface area contributed by atoms with Gasteiger partial charge in [0.2, 0.25) is 17.5 Å². The van der Waals surface area contributed by atoms with Crippen molar-refractivity contribution in [2.45, 2.75) is 6.54 Å². The quantitative estimate of drug-likeness (QED) is 0.592. The van der Waals surface area contributed by atoms with Gasteiger partial charge in [-0.05, 0) is 24.3 Å². The van der Waals surface area contributed by atoms with Gasteiger partial charge >= 0.3 is 0 Å². The molecule has 0 saturated carbocycles. The molecule has 1 N–H and O–H groups in total. The molecule has 28 heavy (non-hydrogen) atoms. The summed E-state index contributed by atoms with van der Waals surface area (Å²) in [6, 6.07) is 10.7. The standard InChI is InChI=1S/C19H18BrN3O5/c1-25-14-8-12(9-15(26-2)17(14)27-3)19(24)21-10-16-22-18(23-28-16)11-5-4-6-13(20)7-11/h4-9H,10H2,1-3H3,(H,21,24). The maximum atomic E-state index is 12.5. The molecule has 9 heteroatoms. The highest BCUT2D eigenvalue weighted by atomic mass is 79.9. The first-order valence-corrected chi connectivity index (χ1v) is 9.01. The minimum atomic E-state index is -0.346. The highest BCUT2D eigenvalue weighted by Crippen LogP contribution is 2.38. The predicted octanol–water partition coefficient (Wildman–Crippen LogP) is 3.45. The molecule has 0 spiro atoms. The Hall–Kier alpha value is -3.07. The van der Waals surface area contributed by atoms with Crippen molar-refractivity contribution in [3.8, 4) is 28.6 Å². The number of ether oxygens (including phenoxy) is 3. The van der Waals surface area contributed by atoms with Gasteiger partial charge < -0.3 is 24.1 Å². The molecule has 0 aliphatic carbocycles. The van der Waals surface area contributed by atoms with E-state index < -0.39 is 0 Å². The third-order valence-corrected chi connectivity index (χ3v) is 4.37. The van der Waals surface area contributed by atoms with E-state index in [-0.39, 0.29) is 18.3 Å². The van der Waals surface area contributed by atoms with Gasteiger partial charge in [0.25, 0.3) is 5.91 Å². The Morgan fingerprint density at radius 3 is 2.43 bits per heavy atom. The third kappa shape index (κ3) is 4.25. The molecule has 3 aromatic rings. The third-order valence-electron chi connectivity index (χ3n) is 3.88. The molecule has 0 bridgehead atoms. The fourth-order valence-corrected chi connectivity index (χ4v) is 2.94. The number of methoxy groups -OCH3 is 3. The summed E-state index contributed by atoms with van der Waals surface area (Å²) in [6.45, 7) is 0.0799. The van der Waals surface area contributed by atoms with Gasteiger partial charge in [0.05, 0.1) is 27.9 Å². The van der Waals surface area contributed by atoms with Crippen LogP contribution in [0.2, 0.25) is 0 Å². The lowest BCUT2D eigenvalue weighted by atomic mass is 10.1. The van der Waals surface area contributed by atoms with Gasteiger partial charge in [-0.3, -0.25) is 4.79 Å². The Balaban J connectivity index is 1.72. The second-order valence-corrected chi connectivity index (χ2v) is 6.53. The largest absolute Gasteiger partial charge is 0.493 e. The van der Waals surface area contributed by atoms with Crippen molar-refractivity contribution in [2.24, 2.45) is 0 Å². The fraction of sp³-hybridized carbons (Fsp3) is 0.211. The molecule has 0 saturated heterocycles. The smallest absolute Gasteiger partial charge is 0.251 e. The molecule has 0 atom stereocenters. The highest BCUT2D eigenvalue weighted by Gasteiger charge is 2.17. The number of aromatic nitrogens is 2. The van der Waals surface area contributed by atoms with E-state index in [0.29, 0.717) is 28.6 Å². The minimum Gasteiger partial charge on any atom is -0.493 e. The molecule has 1 aromatic heterocycles. The van der Waals surface area contributed by atoms with Crippen molar-refractivity contribution in [3.05, 3.63) is 52.3 Å². The molecule has 0 unspecified atom stereocenters. The Bertz CT molecular complexity index is 964. The van der Waals surface area contributed by atoms with Crippen LogP contribution in [0.3, 0.4) is 0 Å². The van der Waals surface area contributed by atoms with Gasteiger partial charge in [0.1, 0.15) is 0 Å². The Morgan fingerprint density at radius 2 is 1.82 bits per heavy atom. The van der Waals surface area contributed by atoms with Crippen LogP contribution >= 0.6 is 15.9 Å². The number of amides is 1. The number of hydrogen-bond donors (Lipinski definition) is 1. The monoisotopic (exact) mass is 447 g/mol. The molecule has 1 amide bonds. The maximum Gasteiger partial charge on any atom is 0.251 e. The zero-order chi connectivity index (χ0) is 20.1. The number of carbonyl (C=O) groups is 1. The van der Waals surface area contributed by atoms with Gasteiger partial charge in [-0.2, -0.15) is 4.98 Å². The molecule has 0 aliphatic rings. The van der Waals surface area contributed by atoms with Crippen LogP contribution in [0, 0.1) is 0 Å². The maximum absolute atomic E-state index is 12.5. The van der Waals surface area contributed by atoms with Gasteiger partial charge in [-0.1, -0.05) is 33.2 Å². The minimum absolute atomic E-state index is 0.0799. The molecule has 0 radical (unpaired) electrons. The number of halogens is 1. The van der Waals surface area contributed by atoms with E-state index >= 15 is 0 Å². The van der Waals surface area contributed by atoms with Crippen molar-refractivity contribution in [3.63, 3.8) is 0 Å². The molecule has 2 aromatic carbocycles. The topological polar surface area (TPSA) is 95.7 Å². The Morgan fingerprint density at radius 1 is 1.11 bits per heavy atom. The summed E-state index contributed by atoms with van der Waals surface area (Å²) in [5.74, 6) is 1.58. The van der Waals surface area contributed by atoms with E-state index in [9.17, 15) is 4.79 Å². The van der Waals surface area contributed by atoms with Gasteiger partial charge in [0.15, 0.2) is 11.5 Å². The summed E-state index contributed by atoms with van der Waals surface area (Å²) in [5, 5.41) is 6.68. The van der Waals surface area contributed by atoms with E-state index in [4.69, 9.17) is 18.7 Å². The number of hydrogen-bond acceptors (Lipinski definition) is 7. The number of benzene rings is 2. The molecule has 1 heterocycles. The van der Waals surface area contributed by atoms with Crippen LogP contribution in [-0.4, -0.2) is 37.4 Å². The van der Waals surface area contributed by atoms with E-state index in [1.807, 2.05) is 24.3 Å². The highest BCUT2D eigenvalue weighted by molar-refractivity contribution is 9.10. The summed E-state index contributed by atoms with van der Waals surface area (Å²) in [5.41, 5.74) is 1.15. The van der Waals surface area contributed by atoms with Crippen molar-refractivity contribution >= 4 is 21.8 Å². The van der Waals surface area contributed by atoms with Gasteiger partial charge in [-0.25, -0.2) is 0 Å². The van der Waals surface area contributed by atoms with Gasteiger partial charge in [-0.15, -0.1) is 0 Å². The Kier molecular flexibility index (Phi) is 6.15. The number of carbonyl (C=O) groups excluding carboxylic acids is 1. The fourth-order valence-electron chi connectivity index (χ4n) is 2.54. The van der Waals surface area contributed by atoms with E-state index in [2.05, 4.69) is 31.4 Å². The number of nitrogens with one attached hydrogen (secondary N) is 1. The van der Waals surface area contributed by atoms with E-state index in [0.717, 1.165) is 10.0 Å². The van der Waals surface area contributed by atoms with E-state index in [1.165, 1.54) is 21.3 Å². The molecule has 8 nitrogen and oxygen atoms in total. The van der Waals surface area contributed by atoms with Crippen LogP contribution in [0.15, 0.2) is 45.4 Å². The molecular weight excluding hydrogens is 430 g/mol. The molecule has 0 fully saturated rings. The summed E-state index contributed by atoms with van der Waals surface area (Å²) in [6.07, 6.45) is 0. The first-order valence-electron chi connectivity index (χ1n) is 8.22. The average molecular weight is 448 g/mol. The van der Waals surface area contributed by atoms with Crippen LogP contribution in [0.25, 0.3) is 11.4 Å². The van der Waals surface area contributed by atoms with Crippen molar-refractivity contribution in [1.29, 1.82) is 0 Å². The molecule has 0 aliphatic heterocycles. The summed E-state index contributed by atoms with van der Waals surface area (Å²) in [4.78, 5) is 16.8. The predicted molar refractivity (Wildman–Crippen MR) is 105 cm³/mol. The SMILES string of the molecule is COc1cc(C(=O)NCc2nc(-c3cccc(Br)c3)no2)cc(OC)c1OC. The van der Waals surface area contributed by atoms with Crippen molar-refractivity contribution in [1.82, 2.24) is 15.5 Å². The zero-order valence-electron chi connectivity index (χ0n) is 15.5. The summed E-state index contributed by atoms with van der Waals surface area (Å²) in [7, 11) is 4.47. The summed E-state index contributed by atoms with van der Waals surface area (Å²) < 4.78 is 21.9. The lowest BCUT2D eigenvalue weighted by Gasteiger charge is -2.13. The van der Waals surface area contributed by atoms with Gasteiger partial charge in [0, 0.05) is 15.6 Å². The lowest BCUT2D eigenvalue weighted by Crippen LogP contribution is -2.23. The van der Waals surface area contributed by atoms with Crippen LogP contribution in [-0.2, 0) is 6.54 Å². The normalized spacial score (nSPS) is 10.4. The summed E-state index contributed by atoms with van der Waals surface area (Å²) >= 11 is 3.40. The lowest BCUT2D eigenvalue weighted by molar-refractivity contribution is 0.0945. The van der Waals surface area contributed by atoms with Crippen LogP contribution in [0.1, 0.15) is 16.2 Å². The second-order valence-electron chi connectivity index (χ2n) is 5.62. The average Bonchev–Trinajstić information content (AvgIpc) is 3.19.